The number of rotatable bonds is 6. The van der Waals surface area contributed by atoms with Crippen LogP contribution in [0.5, 0.6) is 0 Å². The fourth-order valence-corrected chi connectivity index (χ4v) is 7.34. The number of carbonyl (C=O) groups excluding carboxylic acids is 2. The lowest BCUT2D eigenvalue weighted by molar-refractivity contribution is -0.112. The van der Waals surface area contributed by atoms with Crippen LogP contribution in [-0.2, 0) is 11.3 Å². The van der Waals surface area contributed by atoms with E-state index in [2.05, 4.69) is 20.7 Å². The zero-order valence-electron chi connectivity index (χ0n) is 28.3. The van der Waals surface area contributed by atoms with Gasteiger partial charge in [0, 0.05) is 52.6 Å². The summed E-state index contributed by atoms with van der Waals surface area (Å²) in [5, 5.41) is 10.5. The fourth-order valence-electron chi connectivity index (χ4n) is 7.34. The molecule has 8 rings (SSSR count). The minimum absolute atomic E-state index is 0.0282. The van der Waals surface area contributed by atoms with E-state index in [-0.39, 0.29) is 52.0 Å². The van der Waals surface area contributed by atoms with Crippen LogP contribution in [-0.4, -0.2) is 68.0 Å². The minimum atomic E-state index is -0.808. The van der Waals surface area contributed by atoms with E-state index in [0.717, 1.165) is 43.1 Å². The predicted octanol–water partition coefficient (Wildman–Crippen LogP) is 5.07. The molecule has 2 atom stereocenters. The molecule has 1 unspecified atom stereocenters. The average molecular weight is 707 g/mol. The molecule has 2 saturated heterocycles. The van der Waals surface area contributed by atoms with E-state index < -0.39 is 35.1 Å². The largest absolute Gasteiger partial charge is 0.383 e. The van der Waals surface area contributed by atoms with Crippen LogP contribution in [0.15, 0.2) is 78.1 Å². The zero-order chi connectivity index (χ0) is 36.1. The normalized spacial score (nSPS) is 18.9. The summed E-state index contributed by atoms with van der Waals surface area (Å²) in [5.41, 5.74) is 7.75. The van der Waals surface area contributed by atoms with Crippen molar-refractivity contribution in [2.75, 3.05) is 30.7 Å². The van der Waals surface area contributed by atoms with Gasteiger partial charge < -0.3 is 30.6 Å². The first kappa shape index (κ1) is 33.4. The highest BCUT2D eigenvalue weighted by Gasteiger charge is 2.41. The quantitative estimate of drug-likeness (QED) is 0.222. The number of anilines is 2. The van der Waals surface area contributed by atoms with E-state index in [9.17, 15) is 18.8 Å². The van der Waals surface area contributed by atoms with Crippen molar-refractivity contribution in [1.82, 2.24) is 29.5 Å². The number of carbonyl (C=O) groups is 2. The van der Waals surface area contributed by atoms with Gasteiger partial charge in [-0.15, -0.1) is 0 Å². The van der Waals surface area contributed by atoms with E-state index in [1.54, 1.807) is 27.9 Å². The van der Waals surface area contributed by atoms with Crippen LogP contribution in [0.1, 0.15) is 53.1 Å². The summed E-state index contributed by atoms with van der Waals surface area (Å²) in [6.07, 6.45) is 8.67. The molecular formula is C38H36F2N8O4. The van der Waals surface area contributed by atoms with Crippen LogP contribution in [0.3, 0.4) is 0 Å². The van der Waals surface area contributed by atoms with Gasteiger partial charge in [-0.25, -0.2) is 13.8 Å². The van der Waals surface area contributed by atoms with Gasteiger partial charge in [-0.05, 0) is 81.2 Å². The molecule has 0 aliphatic carbocycles. The number of hydrogen-bond acceptors (Lipinski definition) is 8. The number of piperidine rings is 1. The Bertz CT molecular complexity index is 2260. The van der Waals surface area contributed by atoms with E-state index >= 15 is 4.39 Å². The average Bonchev–Trinajstić information content (AvgIpc) is 3.64. The van der Waals surface area contributed by atoms with Gasteiger partial charge in [0.2, 0.25) is 5.43 Å². The monoisotopic (exact) mass is 706 g/mol. The summed E-state index contributed by atoms with van der Waals surface area (Å²) in [5.74, 6) is -2.28. The molecule has 12 nitrogen and oxygen atoms in total. The molecule has 2 amide bonds. The maximum atomic E-state index is 15.8. The van der Waals surface area contributed by atoms with Crippen molar-refractivity contribution in [3.05, 3.63) is 106 Å². The number of halogens is 2. The Morgan fingerprint density at radius 2 is 1.75 bits per heavy atom. The molecule has 5 aromatic rings. The summed E-state index contributed by atoms with van der Waals surface area (Å²) < 4.78 is 39.1. The molecule has 52 heavy (non-hydrogen) atoms. The van der Waals surface area contributed by atoms with Crippen molar-refractivity contribution in [1.29, 1.82) is 0 Å². The van der Waals surface area contributed by atoms with Crippen molar-refractivity contribution in [2.45, 2.75) is 51.0 Å². The lowest BCUT2D eigenvalue weighted by Crippen LogP contribution is -2.57. The third-order valence-electron chi connectivity index (χ3n) is 10.1. The highest BCUT2D eigenvalue weighted by molar-refractivity contribution is 6.07. The van der Waals surface area contributed by atoms with Gasteiger partial charge in [-0.2, -0.15) is 5.10 Å². The number of amides is 2. The maximum Gasteiger partial charge on any atom is 0.273 e. The molecule has 3 aliphatic rings. The molecule has 3 aromatic heterocycles. The lowest BCUT2D eigenvalue weighted by Gasteiger charge is -2.44. The minimum Gasteiger partial charge on any atom is -0.383 e. The Kier molecular flexibility index (Phi) is 8.63. The molecule has 0 spiro atoms. The maximum absolute atomic E-state index is 15.8. The van der Waals surface area contributed by atoms with Crippen LogP contribution < -0.4 is 21.8 Å². The Morgan fingerprint density at radius 1 is 0.962 bits per heavy atom. The molecule has 0 bridgehead atoms. The van der Waals surface area contributed by atoms with Crippen LogP contribution in [0.4, 0.5) is 20.3 Å². The number of aromatic nitrogens is 4. The van der Waals surface area contributed by atoms with Crippen molar-refractivity contribution < 1.29 is 23.1 Å². The molecular weight excluding hydrogens is 670 g/mol. The molecule has 0 saturated carbocycles. The highest BCUT2D eigenvalue weighted by atomic mass is 19.1. The van der Waals surface area contributed by atoms with Crippen LogP contribution >= 0.6 is 0 Å². The molecule has 6 heterocycles. The van der Waals surface area contributed by atoms with Gasteiger partial charge in [-0.3, -0.25) is 19.1 Å². The predicted molar refractivity (Wildman–Crippen MR) is 190 cm³/mol. The van der Waals surface area contributed by atoms with Gasteiger partial charge in [0.15, 0.2) is 6.23 Å². The number of nitrogens with one attached hydrogen (secondary N) is 2. The lowest BCUT2D eigenvalue weighted by atomic mass is 9.97. The fraction of sp³-hybridized carbons (Fsp3) is 0.289. The zero-order valence-corrected chi connectivity index (χ0v) is 28.3. The number of hydrogen-bond donors (Lipinski definition) is 3. The summed E-state index contributed by atoms with van der Waals surface area (Å²) in [7, 11) is 0. The van der Waals surface area contributed by atoms with Gasteiger partial charge in [0.05, 0.1) is 31.0 Å². The molecule has 2 aromatic carbocycles. The Labute approximate surface area is 297 Å². The summed E-state index contributed by atoms with van der Waals surface area (Å²) in [4.78, 5) is 47.6. The van der Waals surface area contributed by atoms with Crippen molar-refractivity contribution in [3.8, 4) is 33.4 Å². The number of ether oxygens (including phenoxy) is 1. The van der Waals surface area contributed by atoms with E-state index in [4.69, 9.17) is 10.5 Å². The van der Waals surface area contributed by atoms with Crippen LogP contribution in [0, 0.1) is 11.6 Å². The first-order valence-corrected chi connectivity index (χ1v) is 17.3. The number of nitrogens with zero attached hydrogens (tertiary/aromatic N) is 5. The standard InChI is InChI=1S/C38H36F2N8O4/c1-21-10-13-52-32-20-46-19-30(35(49)33(34(46)38(51)48(21)32)22-2-4-25(39)5-3-22)37(50)45-26-6-7-28(31(40)15-26)29-14-23(16-43-36(29)41)24-17-44-47(18-24)27-8-11-42-12-9-27/h2-7,14-19,21,27,32,42H,8-13,20H2,1H3,(H2,41,43)(H,45,50)/t21-,32?/m1/s1. The highest BCUT2D eigenvalue weighted by Crippen LogP contribution is 2.34. The summed E-state index contributed by atoms with van der Waals surface area (Å²) in [6, 6.07) is 11.2. The number of nitrogen functional groups attached to an aromatic ring is 1. The van der Waals surface area contributed by atoms with Gasteiger partial charge in [0.1, 0.15) is 28.7 Å². The second-order valence-corrected chi connectivity index (χ2v) is 13.4. The van der Waals surface area contributed by atoms with Crippen molar-refractivity contribution in [3.63, 3.8) is 0 Å². The first-order chi connectivity index (χ1) is 25.2. The molecule has 2 fully saturated rings. The molecule has 14 heteroatoms. The van der Waals surface area contributed by atoms with E-state index in [0.29, 0.717) is 24.6 Å². The molecule has 3 aliphatic heterocycles. The van der Waals surface area contributed by atoms with Crippen molar-refractivity contribution in [2.24, 2.45) is 0 Å². The van der Waals surface area contributed by atoms with Crippen molar-refractivity contribution >= 4 is 23.3 Å². The van der Waals surface area contributed by atoms with Gasteiger partial charge in [-0.1, -0.05) is 12.1 Å². The summed E-state index contributed by atoms with van der Waals surface area (Å²) in [6.45, 7) is 4.41. The third kappa shape index (κ3) is 6.03. The third-order valence-corrected chi connectivity index (χ3v) is 10.1. The second kappa shape index (κ2) is 13.4. The first-order valence-electron chi connectivity index (χ1n) is 17.3. The van der Waals surface area contributed by atoms with E-state index in [1.165, 1.54) is 42.6 Å². The smallest absolute Gasteiger partial charge is 0.273 e. The van der Waals surface area contributed by atoms with Crippen LogP contribution in [0.2, 0.25) is 0 Å². The second-order valence-electron chi connectivity index (χ2n) is 13.4. The SMILES string of the molecule is C[C@@H]1CCOC2Cn3cc(C(=O)Nc4ccc(-c5cc(-c6cnn(C7CCNCC7)c6)cnc5N)c(F)c4)c(=O)c(-c4ccc(F)cc4)c3C(=O)N21. The summed E-state index contributed by atoms with van der Waals surface area (Å²) >= 11 is 0. The molecule has 0 radical (unpaired) electrons. The van der Waals surface area contributed by atoms with E-state index in [1.807, 2.05) is 17.8 Å². The Hall–Kier alpha value is -5.73. The van der Waals surface area contributed by atoms with Crippen LogP contribution in [0.25, 0.3) is 33.4 Å². The van der Waals surface area contributed by atoms with Gasteiger partial charge >= 0.3 is 0 Å². The van der Waals surface area contributed by atoms with Gasteiger partial charge in [0.25, 0.3) is 11.8 Å². The number of benzene rings is 2. The topological polar surface area (TPSA) is 149 Å². The molecule has 266 valence electrons. The number of pyridine rings is 2. The number of nitrogens with two attached hydrogens (primary N) is 1. The number of fused-ring (bicyclic) bond motifs is 2. The Morgan fingerprint density at radius 3 is 2.52 bits per heavy atom. The molecule has 4 N–H and O–H groups in total. The Balaban J connectivity index is 1.10.